The Morgan fingerprint density at radius 3 is 2.56 bits per heavy atom. The Balaban J connectivity index is 1.37. The van der Waals surface area contributed by atoms with Crippen molar-refractivity contribution in [1.82, 2.24) is 0 Å². The average molecular weight is 449 g/mol. The highest BCUT2D eigenvalue weighted by Gasteiger charge is 2.70. The van der Waals surface area contributed by atoms with Gasteiger partial charge in [0.25, 0.3) is 0 Å². The number of hydrogen-bond acceptors (Lipinski definition) is 8. The van der Waals surface area contributed by atoms with E-state index in [4.69, 9.17) is 18.9 Å². The zero-order valence-corrected chi connectivity index (χ0v) is 18.8. The summed E-state index contributed by atoms with van der Waals surface area (Å²) in [6, 6.07) is 0. The molecule has 0 aromatic carbocycles. The van der Waals surface area contributed by atoms with Gasteiger partial charge in [-0.1, -0.05) is 13.5 Å². The van der Waals surface area contributed by atoms with Gasteiger partial charge in [-0.25, -0.2) is 4.79 Å². The van der Waals surface area contributed by atoms with Gasteiger partial charge in [0, 0.05) is 23.8 Å². The van der Waals surface area contributed by atoms with Gasteiger partial charge in [0.05, 0.1) is 18.4 Å². The predicted octanol–water partition coefficient (Wildman–Crippen LogP) is 2.87. The molecular weight excluding hydrogens is 416 g/mol. The van der Waals surface area contributed by atoms with Gasteiger partial charge < -0.3 is 18.9 Å². The van der Waals surface area contributed by atoms with E-state index < -0.39 is 41.6 Å². The summed E-state index contributed by atoms with van der Waals surface area (Å²) in [7, 11) is 0. The lowest BCUT2D eigenvalue weighted by Gasteiger charge is -2.34. The summed E-state index contributed by atoms with van der Waals surface area (Å²) in [6.07, 6.45) is 4.40. The highest BCUT2D eigenvalue weighted by molar-refractivity contribution is 5.87. The third kappa shape index (κ3) is 4.04. The molecule has 0 aromatic rings. The Morgan fingerprint density at radius 2 is 1.91 bits per heavy atom. The first-order valence-electron chi connectivity index (χ1n) is 11.7. The summed E-state index contributed by atoms with van der Waals surface area (Å²) in [4.78, 5) is 49.6. The number of carbonyl (C=O) groups is 4. The number of fused-ring (bicyclic) bond motifs is 1. The van der Waals surface area contributed by atoms with E-state index in [1.54, 1.807) is 6.92 Å². The fraction of sp³-hybridized carbons (Fsp3) is 0.750. The largest absolute Gasteiger partial charge is 0.462 e. The molecule has 32 heavy (non-hydrogen) atoms. The van der Waals surface area contributed by atoms with E-state index in [0.29, 0.717) is 18.4 Å². The second-order valence-electron chi connectivity index (χ2n) is 9.66. The minimum atomic E-state index is -0.633. The zero-order valence-electron chi connectivity index (χ0n) is 18.8. The summed E-state index contributed by atoms with van der Waals surface area (Å²) < 4.78 is 22.2. The van der Waals surface area contributed by atoms with Crippen LogP contribution in [0.1, 0.15) is 65.2 Å². The SMILES string of the molecule is C=C(C)C(=O)OCCCC(=O)OC1C2CC3C1OC(=O)C3C2C(=O)OC1(CC)CCCC1. The number of rotatable bonds is 9. The van der Waals surface area contributed by atoms with Gasteiger partial charge in [-0.3, -0.25) is 14.4 Å². The Bertz CT molecular complexity index is 811. The first-order chi connectivity index (χ1) is 15.3. The predicted molar refractivity (Wildman–Crippen MR) is 111 cm³/mol. The van der Waals surface area contributed by atoms with Crippen molar-refractivity contribution in [2.75, 3.05) is 6.61 Å². The molecule has 8 heteroatoms. The van der Waals surface area contributed by atoms with E-state index >= 15 is 0 Å². The first kappa shape index (κ1) is 22.8. The topological polar surface area (TPSA) is 105 Å². The van der Waals surface area contributed by atoms with Crippen LogP contribution in [0.4, 0.5) is 0 Å². The first-order valence-corrected chi connectivity index (χ1v) is 11.7. The molecular formula is C24H32O8. The molecule has 1 heterocycles. The molecule has 4 rings (SSSR count). The molecule has 6 unspecified atom stereocenters. The van der Waals surface area contributed by atoms with Gasteiger partial charge in [0.2, 0.25) is 0 Å². The highest BCUT2D eigenvalue weighted by Crippen LogP contribution is 2.59. The molecule has 3 aliphatic carbocycles. The minimum absolute atomic E-state index is 0.0650. The van der Waals surface area contributed by atoms with E-state index in [-0.39, 0.29) is 36.8 Å². The van der Waals surface area contributed by atoms with Gasteiger partial charge in [-0.15, -0.1) is 0 Å². The number of ether oxygens (including phenoxy) is 4. The lowest BCUT2D eigenvalue weighted by molar-refractivity contribution is -0.175. The zero-order chi connectivity index (χ0) is 23.0. The number of hydrogen-bond donors (Lipinski definition) is 0. The van der Waals surface area contributed by atoms with Crippen molar-refractivity contribution < 1.29 is 38.1 Å². The maximum absolute atomic E-state index is 13.2. The maximum atomic E-state index is 13.2. The summed E-state index contributed by atoms with van der Waals surface area (Å²) in [5, 5.41) is 0. The molecule has 0 spiro atoms. The van der Waals surface area contributed by atoms with Crippen molar-refractivity contribution in [3.63, 3.8) is 0 Å². The van der Waals surface area contributed by atoms with Crippen molar-refractivity contribution in [3.05, 3.63) is 12.2 Å². The smallest absolute Gasteiger partial charge is 0.333 e. The lowest BCUT2D eigenvalue weighted by atomic mass is 9.78. The molecule has 8 nitrogen and oxygen atoms in total. The Labute approximate surface area is 188 Å². The van der Waals surface area contributed by atoms with E-state index in [1.165, 1.54) is 0 Å². The van der Waals surface area contributed by atoms with Crippen LogP contribution < -0.4 is 0 Å². The van der Waals surface area contributed by atoms with Crippen LogP contribution in [0.3, 0.4) is 0 Å². The van der Waals surface area contributed by atoms with E-state index in [2.05, 4.69) is 6.58 Å². The van der Waals surface area contributed by atoms with Crippen LogP contribution in [0.2, 0.25) is 0 Å². The maximum Gasteiger partial charge on any atom is 0.333 e. The molecule has 1 aliphatic heterocycles. The van der Waals surface area contributed by atoms with Gasteiger partial charge in [-0.05, 0) is 51.9 Å². The van der Waals surface area contributed by atoms with E-state index in [9.17, 15) is 19.2 Å². The quantitative estimate of drug-likeness (QED) is 0.229. The van der Waals surface area contributed by atoms with Crippen molar-refractivity contribution >= 4 is 23.9 Å². The van der Waals surface area contributed by atoms with E-state index in [1.807, 2.05) is 6.92 Å². The Hall–Kier alpha value is -2.38. The van der Waals surface area contributed by atoms with Crippen LogP contribution in [0, 0.1) is 23.7 Å². The fourth-order valence-corrected chi connectivity index (χ4v) is 6.01. The number of carbonyl (C=O) groups excluding carboxylic acids is 4. The second-order valence-corrected chi connectivity index (χ2v) is 9.66. The molecule has 2 bridgehead atoms. The molecule has 3 saturated carbocycles. The molecule has 0 radical (unpaired) electrons. The fourth-order valence-electron chi connectivity index (χ4n) is 6.01. The third-order valence-electron chi connectivity index (χ3n) is 7.67. The Morgan fingerprint density at radius 1 is 1.19 bits per heavy atom. The summed E-state index contributed by atoms with van der Waals surface area (Å²) in [5.74, 6) is -3.18. The van der Waals surface area contributed by atoms with Crippen molar-refractivity contribution in [3.8, 4) is 0 Å². The van der Waals surface area contributed by atoms with Gasteiger partial charge >= 0.3 is 23.9 Å². The van der Waals surface area contributed by atoms with Crippen LogP contribution in [-0.2, 0) is 38.1 Å². The van der Waals surface area contributed by atoms with Crippen molar-refractivity contribution in [2.45, 2.75) is 83.0 Å². The van der Waals surface area contributed by atoms with Crippen LogP contribution in [0.5, 0.6) is 0 Å². The van der Waals surface area contributed by atoms with Gasteiger partial charge in [0.15, 0.2) is 0 Å². The monoisotopic (exact) mass is 448 g/mol. The molecule has 4 fully saturated rings. The molecule has 4 aliphatic rings. The summed E-state index contributed by atoms with van der Waals surface area (Å²) >= 11 is 0. The molecule has 176 valence electrons. The van der Waals surface area contributed by atoms with Gasteiger partial charge in [-0.2, -0.15) is 0 Å². The standard InChI is InChI=1S/C24H32O8/c1-4-24(9-5-6-10-24)32-23(28)18-15-12-14-17(18)22(27)31-20(14)19(15)30-16(25)8-7-11-29-21(26)13(2)3/h14-15,17-20H,2,4-12H2,1,3H3. The Kier molecular flexibility index (Phi) is 6.32. The van der Waals surface area contributed by atoms with E-state index in [0.717, 1.165) is 32.1 Å². The van der Waals surface area contributed by atoms with Crippen LogP contribution in [0.25, 0.3) is 0 Å². The number of esters is 4. The summed E-state index contributed by atoms with van der Waals surface area (Å²) in [5.41, 5.74) is -0.138. The van der Waals surface area contributed by atoms with Crippen LogP contribution in [-0.4, -0.2) is 48.3 Å². The molecule has 0 amide bonds. The van der Waals surface area contributed by atoms with Crippen LogP contribution >= 0.6 is 0 Å². The molecule has 0 N–H and O–H groups in total. The van der Waals surface area contributed by atoms with Crippen LogP contribution in [0.15, 0.2) is 12.2 Å². The normalized spacial score (nSPS) is 33.6. The molecule has 0 aromatic heterocycles. The third-order valence-corrected chi connectivity index (χ3v) is 7.67. The molecule has 6 atom stereocenters. The average Bonchev–Trinajstić information content (AvgIpc) is 3.49. The van der Waals surface area contributed by atoms with Crippen molar-refractivity contribution in [1.29, 1.82) is 0 Å². The summed E-state index contributed by atoms with van der Waals surface area (Å²) in [6.45, 7) is 7.17. The highest BCUT2D eigenvalue weighted by atomic mass is 16.6. The lowest BCUT2D eigenvalue weighted by Crippen LogP contribution is -2.45. The van der Waals surface area contributed by atoms with Crippen molar-refractivity contribution in [2.24, 2.45) is 23.7 Å². The minimum Gasteiger partial charge on any atom is -0.462 e. The molecule has 1 saturated heterocycles. The second kappa shape index (κ2) is 8.87. The van der Waals surface area contributed by atoms with Gasteiger partial charge in [0.1, 0.15) is 17.8 Å².